The van der Waals surface area contributed by atoms with E-state index in [9.17, 15) is 9.59 Å². The highest BCUT2D eigenvalue weighted by molar-refractivity contribution is 6.04. The summed E-state index contributed by atoms with van der Waals surface area (Å²) in [6.45, 7) is 5.60. The third-order valence-electron chi connectivity index (χ3n) is 3.95. The molecule has 120 valence electrons. The maximum absolute atomic E-state index is 12.0. The van der Waals surface area contributed by atoms with Crippen LogP contribution in [0.3, 0.4) is 0 Å². The van der Waals surface area contributed by atoms with E-state index in [4.69, 9.17) is 0 Å². The van der Waals surface area contributed by atoms with Crippen LogP contribution in [0.25, 0.3) is 0 Å². The Balaban J connectivity index is 1.74. The van der Waals surface area contributed by atoms with Crippen molar-refractivity contribution in [2.75, 3.05) is 53.4 Å². The molecule has 1 heterocycles. The van der Waals surface area contributed by atoms with Gasteiger partial charge in [-0.15, -0.1) is 0 Å². The second kappa shape index (κ2) is 7.91. The molecule has 0 radical (unpaired) electrons. The molecule has 0 aliphatic carbocycles. The average Bonchev–Trinajstić information content (AvgIpc) is 2.54. The molecule has 22 heavy (non-hydrogen) atoms. The monoisotopic (exact) mass is 304 g/mol. The zero-order valence-electron chi connectivity index (χ0n) is 13.3. The van der Waals surface area contributed by atoms with E-state index in [0.29, 0.717) is 12.1 Å². The molecule has 1 aliphatic heterocycles. The van der Waals surface area contributed by atoms with E-state index in [1.54, 1.807) is 36.2 Å². The Morgan fingerprint density at radius 2 is 1.77 bits per heavy atom. The Labute approximate surface area is 131 Å². The molecule has 1 aliphatic rings. The first-order valence-electron chi connectivity index (χ1n) is 7.58. The van der Waals surface area contributed by atoms with E-state index >= 15 is 0 Å². The number of piperazine rings is 1. The van der Waals surface area contributed by atoms with Crippen LogP contribution in [-0.2, 0) is 0 Å². The van der Waals surface area contributed by atoms with Gasteiger partial charge in [-0.2, -0.15) is 0 Å². The fraction of sp³-hybridized carbons (Fsp3) is 0.500. The number of amides is 3. The fourth-order valence-electron chi connectivity index (χ4n) is 2.32. The largest absolute Gasteiger partial charge is 0.326 e. The van der Waals surface area contributed by atoms with Crippen molar-refractivity contribution in [1.29, 1.82) is 0 Å². The van der Waals surface area contributed by atoms with Gasteiger partial charge in [-0.25, -0.2) is 4.79 Å². The van der Waals surface area contributed by atoms with Crippen LogP contribution in [0.1, 0.15) is 10.4 Å². The summed E-state index contributed by atoms with van der Waals surface area (Å²) in [5.41, 5.74) is 0.489. The molecule has 0 aromatic heterocycles. The molecule has 1 aromatic carbocycles. The van der Waals surface area contributed by atoms with E-state index in [1.807, 2.05) is 6.07 Å². The molecule has 0 atom stereocenters. The maximum atomic E-state index is 12.0. The van der Waals surface area contributed by atoms with Crippen LogP contribution in [0.4, 0.5) is 4.79 Å². The molecule has 0 bridgehead atoms. The molecule has 1 fully saturated rings. The number of carbonyl (C=O) groups excluding carboxylic acids is 2. The Morgan fingerprint density at radius 1 is 1.14 bits per heavy atom. The summed E-state index contributed by atoms with van der Waals surface area (Å²) < 4.78 is 0. The molecule has 0 unspecified atom stereocenters. The summed E-state index contributed by atoms with van der Waals surface area (Å²) >= 11 is 0. The normalized spacial score (nSPS) is 16.3. The molecule has 0 spiro atoms. The van der Waals surface area contributed by atoms with Gasteiger partial charge in [-0.05, 0) is 19.2 Å². The minimum atomic E-state index is -0.364. The van der Waals surface area contributed by atoms with Crippen molar-refractivity contribution < 1.29 is 9.59 Å². The maximum Gasteiger partial charge on any atom is 0.324 e. The summed E-state index contributed by atoms with van der Waals surface area (Å²) in [5, 5.41) is 2.41. The number of hydrogen-bond donors (Lipinski definition) is 1. The van der Waals surface area contributed by atoms with Gasteiger partial charge < -0.3 is 9.80 Å². The van der Waals surface area contributed by atoms with Gasteiger partial charge in [0.15, 0.2) is 0 Å². The number of nitrogens with zero attached hydrogens (tertiary/aromatic N) is 3. The van der Waals surface area contributed by atoms with E-state index in [-0.39, 0.29) is 11.9 Å². The molecular formula is C16H24N4O2. The fourth-order valence-corrected chi connectivity index (χ4v) is 2.32. The lowest BCUT2D eigenvalue weighted by molar-refractivity contribution is 0.0951. The van der Waals surface area contributed by atoms with Crippen molar-refractivity contribution in [2.45, 2.75) is 0 Å². The summed E-state index contributed by atoms with van der Waals surface area (Å²) in [7, 11) is 3.83. The van der Waals surface area contributed by atoms with E-state index in [2.05, 4.69) is 22.2 Å². The summed E-state index contributed by atoms with van der Waals surface area (Å²) in [4.78, 5) is 30.1. The summed E-state index contributed by atoms with van der Waals surface area (Å²) in [5.74, 6) is -0.364. The molecule has 0 saturated carbocycles. The van der Waals surface area contributed by atoms with Crippen molar-refractivity contribution in [2.24, 2.45) is 0 Å². The topological polar surface area (TPSA) is 55.9 Å². The second-order valence-corrected chi connectivity index (χ2v) is 5.69. The van der Waals surface area contributed by atoms with Crippen LogP contribution in [0, 0.1) is 0 Å². The third kappa shape index (κ3) is 4.82. The first kappa shape index (κ1) is 16.5. The molecule has 6 nitrogen and oxygen atoms in total. The van der Waals surface area contributed by atoms with Gasteiger partial charge in [-0.1, -0.05) is 18.2 Å². The van der Waals surface area contributed by atoms with Gasteiger partial charge in [0.1, 0.15) is 0 Å². The molecule has 1 aromatic rings. The highest BCUT2D eigenvalue weighted by atomic mass is 16.2. The Bertz CT molecular complexity index is 498. The van der Waals surface area contributed by atoms with Gasteiger partial charge in [0.2, 0.25) is 0 Å². The van der Waals surface area contributed by atoms with Gasteiger partial charge in [-0.3, -0.25) is 15.0 Å². The summed E-state index contributed by atoms with van der Waals surface area (Å²) in [6.07, 6.45) is 0. The average molecular weight is 304 g/mol. The molecule has 1 saturated heterocycles. The Kier molecular flexibility index (Phi) is 5.91. The van der Waals surface area contributed by atoms with Gasteiger partial charge >= 0.3 is 6.03 Å². The van der Waals surface area contributed by atoms with Crippen LogP contribution in [0.2, 0.25) is 0 Å². The first-order chi connectivity index (χ1) is 10.6. The minimum Gasteiger partial charge on any atom is -0.326 e. The van der Waals surface area contributed by atoms with Crippen LogP contribution in [-0.4, -0.2) is 80.0 Å². The zero-order chi connectivity index (χ0) is 15.9. The number of imide groups is 1. The van der Waals surface area contributed by atoms with Crippen LogP contribution >= 0.6 is 0 Å². The van der Waals surface area contributed by atoms with Gasteiger partial charge in [0.05, 0.1) is 0 Å². The van der Waals surface area contributed by atoms with Crippen molar-refractivity contribution in [1.82, 2.24) is 20.0 Å². The highest BCUT2D eigenvalue weighted by Gasteiger charge is 2.17. The minimum absolute atomic E-state index is 0.358. The Hall–Kier alpha value is -1.92. The molecule has 3 amide bonds. The Morgan fingerprint density at radius 3 is 2.41 bits per heavy atom. The lowest BCUT2D eigenvalue weighted by Gasteiger charge is -2.33. The second-order valence-electron chi connectivity index (χ2n) is 5.69. The smallest absolute Gasteiger partial charge is 0.324 e. The lowest BCUT2D eigenvalue weighted by atomic mass is 10.2. The molecular weight excluding hydrogens is 280 g/mol. The number of hydrogen-bond acceptors (Lipinski definition) is 4. The SMILES string of the molecule is CN1CCN(CCN(C)C(=O)NC(=O)c2ccccc2)CC1. The van der Waals surface area contributed by atoms with Crippen molar-refractivity contribution >= 4 is 11.9 Å². The van der Waals surface area contributed by atoms with Crippen molar-refractivity contribution in [3.63, 3.8) is 0 Å². The molecule has 2 rings (SSSR count). The molecule has 6 heteroatoms. The summed E-state index contributed by atoms with van der Waals surface area (Å²) in [6, 6.07) is 8.40. The standard InChI is InChI=1S/C16H24N4O2/c1-18-8-11-20(12-9-18)13-10-19(2)16(22)17-15(21)14-6-4-3-5-7-14/h3-7H,8-13H2,1-2H3,(H,17,21,22). The number of benzene rings is 1. The van der Waals surface area contributed by atoms with E-state index in [1.165, 1.54) is 0 Å². The number of rotatable bonds is 4. The lowest BCUT2D eigenvalue weighted by Crippen LogP contribution is -2.48. The van der Waals surface area contributed by atoms with Gasteiger partial charge in [0, 0.05) is 51.9 Å². The van der Waals surface area contributed by atoms with Crippen molar-refractivity contribution in [3.8, 4) is 0 Å². The number of urea groups is 1. The van der Waals surface area contributed by atoms with Crippen LogP contribution < -0.4 is 5.32 Å². The number of nitrogens with one attached hydrogen (secondary N) is 1. The number of likely N-dealkylation sites (N-methyl/N-ethyl adjacent to an activating group) is 2. The van der Waals surface area contributed by atoms with Gasteiger partial charge in [0.25, 0.3) is 5.91 Å². The van der Waals surface area contributed by atoms with Crippen LogP contribution in [0.15, 0.2) is 30.3 Å². The number of carbonyl (C=O) groups is 2. The van der Waals surface area contributed by atoms with Crippen molar-refractivity contribution in [3.05, 3.63) is 35.9 Å². The zero-order valence-corrected chi connectivity index (χ0v) is 13.3. The predicted octanol–water partition coefficient (Wildman–Crippen LogP) is 0.716. The highest BCUT2D eigenvalue weighted by Crippen LogP contribution is 2.00. The predicted molar refractivity (Wildman–Crippen MR) is 85.9 cm³/mol. The first-order valence-corrected chi connectivity index (χ1v) is 7.58. The third-order valence-corrected chi connectivity index (χ3v) is 3.95. The molecule has 1 N–H and O–H groups in total. The van der Waals surface area contributed by atoms with Crippen LogP contribution in [0.5, 0.6) is 0 Å². The quantitative estimate of drug-likeness (QED) is 0.890. The van der Waals surface area contributed by atoms with E-state index in [0.717, 1.165) is 32.7 Å². The van der Waals surface area contributed by atoms with E-state index < -0.39 is 0 Å².